The molecule has 1 fully saturated rings. The van der Waals surface area contributed by atoms with Gasteiger partial charge in [0.1, 0.15) is 11.5 Å². The number of rotatable bonds is 7. The fourth-order valence-electron chi connectivity index (χ4n) is 3.37. The van der Waals surface area contributed by atoms with Crippen LogP contribution in [0.3, 0.4) is 0 Å². The minimum Gasteiger partial charge on any atom is -0.497 e. The molecule has 1 N–H and O–H groups in total. The van der Waals surface area contributed by atoms with Crippen molar-refractivity contribution in [3.8, 4) is 11.5 Å². The molecule has 1 aliphatic rings. The molecule has 0 aliphatic carbocycles. The lowest BCUT2D eigenvalue weighted by Crippen LogP contribution is -2.43. The highest BCUT2D eigenvalue weighted by atomic mass is 32.1. The molecule has 0 spiro atoms. The van der Waals surface area contributed by atoms with Crippen molar-refractivity contribution in [2.24, 2.45) is 5.92 Å². The summed E-state index contributed by atoms with van der Waals surface area (Å²) < 4.78 is 10.5. The van der Waals surface area contributed by atoms with E-state index in [1.54, 1.807) is 48.7 Å². The molecule has 0 radical (unpaired) electrons. The van der Waals surface area contributed by atoms with E-state index in [4.69, 9.17) is 9.47 Å². The predicted molar refractivity (Wildman–Crippen MR) is 109 cm³/mol. The third-order valence-corrected chi connectivity index (χ3v) is 5.94. The minimum atomic E-state index is -0.0613. The number of carbonyl (C=O) groups is 2. The average Bonchev–Trinajstić information content (AvgIpc) is 3.26. The molecular formula is C21H26N2O4S. The number of amides is 2. The maximum absolute atomic E-state index is 12.8. The van der Waals surface area contributed by atoms with Gasteiger partial charge in [-0.2, -0.15) is 0 Å². The topological polar surface area (TPSA) is 67.9 Å². The Labute approximate surface area is 169 Å². The Bertz CT molecular complexity index is 776. The summed E-state index contributed by atoms with van der Waals surface area (Å²) in [6, 6.07) is 9.27. The van der Waals surface area contributed by atoms with Crippen LogP contribution in [0.2, 0.25) is 0 Å². The van der Waals surface area contributed by atoms with Gasteiger partial charge in [0.25, 0.3) is 5.91 Å². The van der Waals surface area contributed by atoms with Gasteiger partial charge in [-0.05, 0) is 42.8 Å². The second-order valence-electron chi connectivity index (χ2n) is 6.79. The zero-order valence-electron chi connectivity index (χ0n) is 16.3. The van der Waals surface area contributed by atoms with E-state index in [9.17, 15) is 9.59 Å². The molecule has 0 atom stereocenters. The highest BCUT2D eigenvalue weighted by Crippen LogP contribution is 2.25. The first-order valence-corrected chi connectivity index (χ1v) is 10.3. The highest BCUT2D eigenvalue weighted by molar-refractivity contribution is 7.09. The number of benzene rings is 1. The van der Waals surface area contributed by atoms with Crippen LogP contribution in [0.25, 0.3) is 0 Å². The van der Waals surface area contributed by atoms with Gasteiger partial charge in [-0.3, -0.25) is 9.59 Å². The van der Waals surface area contributed by atoms with Crippen LogP contribution in [0.1, 0.15) is 28.1 Å². The maximum atomic E-state index is 12.8. The van der Waals surface area contributed by atoms with Crippen LogP contribution in [0, 0.1) is 5.92 Å². The summed E-state index contributed by atoms with van der Waals surface area (Å²) in [4.78, 5) is 28.3. The SMILES string of the molecule is COc1cc(OC)cc(C(=O)N2CCC(C(=O)NCCc3cccs3)CC2)c1. The summed E-state index contributed by atoms with van der Waals surface area (Å²) in [6.07, 6.45) is 2.22. The summed E-state index contributed by atoms with van der Waals surface area (Å²) in [7, 11) is 3.12. The first-order valence-electron chi connectivity index (χ1n) is 9.43. The number of hydrogen-bond donors (Lipinski definition) is 1. The van der Waals surface area contributed by atoms with Crippen LogP contribution in [0.15, 0.2) is 35.7 Å². The van der Waals surface area contributed by atoms with Crippen molar-refractivity contribution in [1.29, 1.82) is 0 Å². The average molecular weight is 403 g/mol. The molecule has 150 valence electrons. The summed E-state index contributed by atoms with van der Waals surface area (Å²) >= 11 is 1.70. The Morgan fingerprint density at radius 3 is 2.39 bits per heavy atom. The Balaban J connectivity index is 1.50. The first kappa shape index (κ1) is 20.2. The van der Waals surface area contributed by atoms with Gasteiger partial charge in [0.15, 0.2) is 0 Å². The second-order valence-corrected chi connectivity index (χ2v) is 7.82. The predicted octanol–water partition coefficient (Wildman–Crippen LogP) is 2.98. The maximum Gasteiger partial charge on any atom is 0.254 e. The van der Waals surface area contributed by atoms with Gasteiger partial charge < -0.3 is 19.7 Å². The molecule has 1 aromatic carbocycles. The Morgan fingerprint density at radius 2 is 1.82 bits per heavy atom. The monoisotopic (exact) mass is 402 g/mol. The largest absolute Gasteiger partial charge is 0.497 e. The van der Waals surface area contributed by atoms with Crippen LogP contribution >= 0.6 is 11.3 Å². The number of ether oxygens (including phenoxy) is 2. The molecule has 1 aromatic heterocycles. The Morgan fingerprint density at radius 1 is 1.14 bits per heavy atom. The summed E-state index contributed by atoms with van der Waals surface area (Å²) in [6.45, 7) is 1.80. The quantitative estimate of drug-likeness (QED) is 0.773. The van der Waals surface area contributed by atoms with Crippen molar-refractivity contribution in [3.63, 3.8) is 0 Å². The van der Waals surface area contributed by atoms with Crippen LogP contribution in [-0.2, 0) is 11.2 Å². The van der Waals surface area contributed by atoms with Crippen LogP contribution in [0.5, 0.6) is 11.5 Å². The lowest BCUT2D eigenvalue weighted by Gasteiger charge is -2.31. The normalized spacial score (nSPS) is 14.6. The van der Waals surface area contributed by atoms with E-state index < -0.39 is 0 Å². The fraction of sp³-hybridized carbons (Fsp3) is 0.429. The van der Waals surface area contributed by atoms with Crippen molar-refractivity contribution in [2.75, 3.05) is 33.9 Å². The van der Waals surface area contributed by atoms with E-state index in [0.717, 1.165) is 6.42 Å². The van der Waals surface area contributed by atoms with Crippen LogP contribution in [0.4, 0.5) is 0 Å². The number of hydrogen-bond acceptors (Lipinski definition) is 5. The van der Waals surface area contributed by atoms with Gasteiger partial charge in [0, 0.05) is 42.1 Å². The molecule has 0 bridgehead atoms. The molecule has 1 saturated heterocycles. The smallest absolute Gasteiger partial charge is 0.254 e. The third-order valence-electron chi connectivity index (χ3n) is 5.00. The van der Waals surface area contributed by atoms with Gasteiger partial charge in [-0.25, -0.2) is 0 Å². The Kier molecular flexibility index (Phi) is 6.92. The van der Waals surface area contributed by atoms with Gasteiger partial charge in [-0.15, -0.1) is 11.3 Å². The number of nitrogens with zero attached hydrogens (tertiary/aromatic N) is 1. The lowest BCUT2D eigenvalue weighted by molar-refractivity contribution is -0.126. The molecular weight excluding hydrogens is 376 g/mol. The van der Waals surface area contributed by atoms with Crippen molar-refractivity contribution in [2.45, 2.75) is 19.3 Å². The molecule has 6 nitrogen and oxygen atoms in total. The highest BCUT2D eigenvalue weighted by Gasteiger charge is 2.28. The van der Waals surface area contributed by atoms with E-state index in [1.165, 1.54) is 4.88 Å². The first-order chi connectivity index (χ1) is 13.6. The Hall–Kier alpha value is -2.54. The van der Waals surface area contributed by atoms with Gasteiger partial charge in [-0.1, -0.05) is 6.07 Å². The molecule has 3 rings (SSSR count). The van der Waals surface area contributed by atoms with Crippen molar-refractivity contribution < 1.29 is 19.1 Å². The molecule has 1 aliphatic heterocycles. The van der Waals surface area contributed by atoms with Crippen molar-refractivity contribution >= 4 is 23.2 Å². The summed E-state index contributed by atoms with van der Waals surface area (Å²) in [5.41, 5.74) is 0.537. The molecule has 2 aromatic rings. The number of nitrogens with one attached hydrogen (secondary N) is 1. The van der Waals surface area contributed by atoms with Crippen LogP contribution in [-0.4, -0.2) is 50.6 Å². The van der Waals surface area contributed by atoms with E-state index in [-0.39, 0.29) is 17.7 Å². The van der Waals surface area contributed by atoms with E-state index >= 15 is 0 Å². The van der Waals surface area contributed by atoms with Gasteiger partial charge in [0.05, 0.1) is 14.2 Å². The molecule has 0 unspecified atom stereocenters. The second kappa shape index (κ2) is 9.59. The zero-order valence-corrected chi connectivity index (χ0v) is 17.1. The van der Waals surface area contributed by atoms with E-state index in [1.807, 2.05) is 11.4 Å². The van der Waals surface area contributed by atoms with E-state index in [0.29, 0.717) is 49.5 Å². The molecule has 7 heteroatoms. The summed E-state index contributed by atoms with van der Waals surface area (Å²) in [5.74, 6) is 1.16. The van der Waals surface area contributed by atoms with E-state index in [2.05, 4.69) is 11.4 Å². The standard InChI is InChI=1S/C21H26N2O4S/c1-26-17-12-16(13-18(14-17)27-2)21(25)23-9-6-15(7-10-23)20(24)22-8-5-19-4-3-11-28-19/h3-4,11-15H,5-10H2,1-2H3,(H,22,24). The van der Waals surface area contributed by atoms with Crippen LogP contribution < -0.4 is 14.8 Å². The van der Waals surface area contributed by atoms with Gasteiger partial charge in [0.2, 0.25) is 5.91 Å². The number of piperidine rings is 1. The molecule has 2 heterocycles. The zero-order chi connectivity index (χ0) is 19.9. The van der Waals surface area contributed by atoms with Crippen molar-refractivity contribution in [1.82, 2.24) is 10.2 Å². The summed E-state index contributed by atoms with van der Waals surface area (Å²) in [5, 5.41) is 5.07. The number of likely N-dealkylation sites (tertiary alicyclic amines) is 1. The molecule has 0 saturated carbocycles. The number of carbonyl (C=O) groups excluding carboxylic acids is 2. The van der Waals surface area contributed by atoms with Crippen molar-refractivity contribution in [3.05, 3.63) is 46.2 Å². The third kappa shape index (κ3) is 5.04. The fourth-order valence-corrected chi connectivity index (χ4v) is 4.08. The minimum absolute atomic E-state index is 0.0350. The molecule has 28 heavy (non-hydrogen) atoms. The number of thiophene rings is 1. The number of methoxy groups -OCH3 is 2. The lowest BCUT2D eigenvalue weighted by atomic mass is 9.95. The molecule has 2 amide bonds. The van der Waals surface area contributed by atoms with Gasteiger partial charge >= 0.3 is 0 Å².